The highest BCUT2D eigenvalue weighted by molar-refractivity contribution is 7.87. The number of esters is 2. The monoisotopic (exact) mass is 594 g/mol. The zero-order valence-electron chi connectivity index (χ0n) is 25.5. The molecule has 3 aromatic rings. The first-order valence-corrected chi connectivity index (χ1v) is 15.6. The van der Waals surface area contributed by atoms with Gasteiger partial charge in [0, 0.05) is 6.92 Å². The Morgan fingerprint density at radius 3 is 1.88 bits per heavy atom. The van der Waals surface area contributed by atoms with Crippen molar-refractivity contribution in [2.75, 3.05) is 0 Å². The molecule has 0 amide bonds. The standard InChI is InChI=1S/C34H42O7S/c1-8-26(28-14-18-29(19-15-28)39-25(3)35)23-34(7,32(36)40-33(4,5)6)22-24(2)27-16-20-31(21-17-27)42(37,38)41-30-12-10-9-11-13-30/h9-21,24,26H,8,22-23H2,1-7H3. The summed E-state index contributed by atoms with van der Waals surface area (Å²) in [6.45, 7) is 13.0. The SMILES string of the molecule is CCC(CC(C)(CC(C)c1ccc(S(=O)(=O)Oc2ccccc2)cc1)C(=O)OC(C)(C)C)c1ccc(OC(C)=O)cc1. The Balaban J connectivity index is 1.83. The molecule has 0 radical (unpaired) electrons. The van der Waals surface area contributed by atoms with Gasteiger partial charge in [0.2, 0.25) is 0 Å². The predicted octanol–water partition coefficient (Wildman–Crippen LogP) is 7.81. The first-order chi connectivity index (χ1) is 19.6. The third-order valence-electron chi connectivity index (χ3n) is 7.14. The van der Waals surface area contributed by atoms with Gasteiger partial charge in [-0.2, -0.15) is 8.42 Å². The van der Waals surface area contributed by atoms with E-state index in [0.29, 0.717) is 18.6 Å². The zero-order valence-corrected chi connectivity index (χ0v) is 26.4. The van der Waals surface area contributed by atoms with Gasteiger partial charge in [0.05, 0.1) is 5.41 Å². The van der Waals surface area contributed by atoms with Crippen LogP contribution in [0.1, 0.15) is 90.7 Å². The third-order valence-corrected chi connectivity index (χ3v) is 8.40. The molecule has 0 aliphatic carbocycles. The molecule has 3 unspecified atom stereocenters. The lowest BCUT2D eigenvalue weighted by Crippen LogP contribution is -2.38. The quantitative estimate of drug-likeness (QED) is 0.120. The molecule has 3 atom stereocenters. The fraction of sp³-hybridized carbons (Fsp3) is 0.412. The van der Waals surface area contributed by atoms with Crippen molar-refractivity contribution in [1.82, 2.24) is 0 Å². The van der Waals surface area contributed by atoms with Crippen LogP contribution in [0.15, 0.2) is 83.8 Å². The van der Waals surface area contributed by atoms with Gasteiger partial charge in [-0.05, 0) is 106 Å². The third kappa shape index (κ3) is 9.18. The van der Waals surface area contributed by atoms with Crippen LogP contribution in [0.3, 0.4) is 0 Å². The van der Waals surface area contributed by atoms with Gasteiger partial charge in [0.1, 0.15) is 22.0 Å². The van der Waals surface area contributed by atoms with Gasteiger partial charge in [-0.1, -0.05) is 56.3 Å². The van der Waals surface area contributed by atoms with Gasteiger partial charge in [0.25, 0.3) is 0 Å². The smallest absolute Gasteiger partial charge is 0.339 e. The second-order valence-electron chi connectivity index (χ2n) is 12.1. The molecule has 0 fully saturated rings. The fourth-order valence-corrected chi connectivity index (χ4v) is 6.00. The summed E-state index contributed by atoms with van der Waals surface area (Å²) in [6, 6.07) is 22.4. The van der Waals surface area contributed by atoms with Gasteiger partial charge in [-0.25, -0.2) is 0 Å². The van der Waals surface area contributed by atoms with Crippen LogP contribution in [0.2, 0.25) is 0 Å². The van der Waals surface area contributed by atoms with Crippen molar-refractivity contribution < 1.29 is 31.7 Å². The average molecular weight is 595 g/mol. The van der Waals surface area contributed by atoms with E-state index >= 15 is 0 Å². The van der Waals surface area contributed by atoms with Crippen molar-refractivity contribution in [3.63, 3.8) is 0 Å². The molecule has 3 aromatic carbocycles. The molecule has 0 aliphatic heterocycles. The van der Waals surface area contributed by atoms with Crippen LogP contribution < -0.4 is 8.92 Å². The lowest BCUT2D eigenvalue weighted by Gasteiger charge is -2.36. The normalized spacial score (nSPS) is 14.7. The summed E-state index contributed by atoms with van der Waals surface area (Å²) in [6.07, 6.45) is 1.84. The molecule has 0 saturated carbocycles. The average Bonchev–Trinajstić information content (AvgIpc) is 2.91. The Bertz CT molecular complexity index is 1440. The first-order valence-electron chi connectivity index (χ1n) is 14.2. The van der Waals surface area contributed by atoms with Crippen LogP contribution in [-0.2, 0) is 24.4 Å². The van der Waals surface area contributed by atoms with E-state index in [9.17, 15) is 18.0 Å². The van der Waals surface area contributed by atoms with Crippen LogP contribution in [-0.4, -0.2) is 26.0 Å². The van der Waals surface area contributed by atoms with Gasteiger partial charge in [-0.3, -0.25) is 9.59 Å². The van der Waals surface area contributed by atoms with E-state index in [0.717, 1.165) is 17.5 Å². The summed E-state index contributed by atoms with van der Waals surface area (Å²) in [7, 11) is -3.99. The van der Waals surface area contributed by atoms with Crippen LogP contribution in [0.4, 0.5) is 0 Å². The Labute approximate surface area is 250 Å². The number of para-hydroxylation sites is 1. The minimum Gasteiger partial charge on any atom is -0.460 e. The Morgan fingerprint density at radius 1 is 0.786 bits per heavy atom. The molecule has 3 rings (SSSR count). The number of benzene rings is 3. The molecule has 0 aromatic heterocycles. The number of hydrogen-bond donors (Lipinski definition) is 0. The Hall–Kier alpha value is -3.65. The molecule has 8 heteroatoms. The summed E-state index contributed by atoms with van der Waals surface area (Å²) in [5, 5.41) is 0. The number of rotatable bonds is 12. The molecule has 0 N–H and O–H groups in total. The van der Waals surface area contributed by atoms with Crippen molar-refractivity contribution in [3.05, 3.63) is 90.0 Å². The van der Waals surface area contributed by atoms with E-state index in [1.807, 2.05) is 46.8 Å². The van der Waals surface area contributed by atoms with Crippen molar-refractivity contribution in [1.29, 1.82) is 0 Å². The summed E-state index contributed by atoms with van der Waals surface area (Å²) < 4.78 is 41.9. The summed E-state index contributed by atoms with van der Waals surface area (Å²) >= 11 is 0. The van der Waals surface area contributed by atoms with Crippen molar-refractivity contribution >= 4 is 22.1 Å². The highest BCUT2D eigenvalue weighted by Crippen LogP contribution is 2.43. The molecule has 7 nitrogen and oxygen atoms in total. The van der Waals surface area contributed by atoms with Gasteiger partial charge in [-0.15, -0.1) is 0 Å². The molecule has 0 spiro atoms. The number of ether oxygens (including phenoxy) is 2. The van der Waals surface area contributed by atoms with E-state index in [1.165, 1.54) is 19.1 Å². The van der Waals surface area contributed by atoms with Crippen LogP contribution >= 0.6 is 0 Å². The Morgan fingerprint density at radius 2 is 1.36 bits per heavy atom. The van der Waals surface area contributed by atoms with E-state index in [4.69, 9.17) is 13.7 Å². The van der Waals surface area contributed by atoms with Crippen LogP contribution in [0.25, 0.3) is 0 Å². The lowest BCUT2D eigenvalue weighted by molar-refractivity contribution is -0.168. The van der Waals surface area contributed by atoms with E-state index in [1.54, 1.807) is 54.6 Å². The molecule has 0 heterocycles. The number of hydrogen-bond acceptors (Lipinski definition) is 7. The molecular weight excluding hydrogens is 552 g/mol. The van der Waals surface area contributed by atoms with Crippen LogP contribution in [0.5, 0.6) is 11.5 Å². The molecular formula is C34H42O7S. The van der Waals surface area contributed by atoms with Crippen molar-refractivity contribution in [2.45, 2.75) is 90.1 Å². The predicted molar refractivity (Wildman–Crippen MR) is 163 cm³/mol. The van der Waals surface area contributed by atoms with Gasteiger partial charge < -0.3 is 13.7 Å². The minimum atomic E-state index is -3.99. The number of carbonyl (C=O) groups excluding carboxylic acids is 2. The highest BCUT2D eigenvalue weighted by Gasteiger charge is 2.40. The summed E-state index contributed by atoms with van der Waals surface area (Å²) in [5.41, 5.74) is 0.471. The van der Waals surface area contributed by atoms with Crippen molar-refractivity contribution in [2.24, 2.45) is 5.41 Å². The number of carbonyl (C=O) groups is 2. The highest BCUT2D eigenvalue weighted by atomic mass is 32.2. The maximum atomic E-state index is 13.7. The first kappa shape index (κ1) is 32.9. The Kier molecular flexibility index (Phi) is 10.6. The van der Waals surface area contributed by atoms with E-state index in [2.05, 4.69) is 6.92 Å². The molecule has 226 valence electrons. The topological polar surface area (TPSA) is 96.0 Å². The van der Waals surface area contributed by atoms with Gasteiger partial charge >= 0.3 is 22.1 Å². The second kappa shape index (κ2) is 13.6. The fourth-order valence-electron chi connectivity index (χ4n) is 5.07. The van der Waals surface area contributed by atoms with E-state index < -0.39 is 21.1 Å². The lowest BCUT2D eigenvalue weighted by atomic mass is 9.71. The maximum absolute atomic E-state index is 13.7. The molecule has 0 bridgehead atoms. The van der Waals surface area contributed by atoms with Crippen molar-refractivity contribution in [3.8, 4) is 11.5 Å². The van der Waals surface area contributed by atoms with Crippen LogP contribution in [0, 0.1) is 5.41 Å². The molecule has 0 saturated heterocycles. The zero-order chi connectivity index (χ0) is 31.1. The minimum absolute atomic E-state index is 0.0560. The van der Waals surface area contributed by atoms with E-state index in [-0.39, 0.29) is 34.4 Å². The largest absolute Gasteiger partial charge is 0.460 e. The summed E-state index contributed by atoms with van der Waals surface area (Å²) in [4.78, 5) is 25.1. The summed E-state index contributed by atoms with van der Waals surface area (Å²) in [5.74, 6) is 0.0589. The second-order valence-corrected chi connectivity index (χ2v) is 13.6. The maximum Gasteiger partial charge on any atom is 0.339 e. The molecule has 0 aliphatic rings. The van der Waals surface area contributed by atoms with Gasteiger partial charge in [0.15, 0.2) is 0 Å². The molecule has 42 heavy (non-hydrogen) atoms.